The second-order valence-electron chi connectivity index (χ2n) is 6.24. The maximum Gasteiger partial charge on any atom is 0.268 e. The van der Waals surface area contributed by atoms with Crippen molar-refractivity contribution in [2.45, 2.75) is 25.9 Å². The number of nitrogens with zero attached hydrogens (tertiary/aromatic N) is 4. The molecule has 2 aromatic rings. The Bertz CT molecular complexity index is 691. The summed E-state index contributed by atoms with van der Waals surface area (Å²) < 4.78 is 0. The number of primary amides is 1. The van der Waals surface area contributed by atoms with Gasteiger partial charge in [0.25, 0.3) is 5.91 Å². The molecule has 0 spiro atoms. The van der Waals surface area contributed by atoms with E-state index >= 15 is 0 Å². The Morgan fingerprint density at radius 1 is 1.25 bits per heavy atom. The topological polar surface area (TPSA) is 75.3 Å². The SMILES string of the molecule is CC1CN(Cc2ccccc2)CCCN1c1cncc(C(N)=O)n1. The van der Waals surface area contributed by atoms with Crippen LogP contribution >= 0.6 is 0 Å². The predicted octanol–water partition coefficient (Wildman–Crippen LogP) is 1.68. The Hall–Kier alpha value is -2.47. The maximum absolute atomic E-state index is 11.3. The molecule has 1 atom stereocenters. The molecule has 1 aliphatic heterocycles. The first kappa shape index (κ1) is 16.4. The largest absolute Gasteiger partial charge is 0.364 e. The van der Waals surface area contributed by atoms with Gasteiger partial charge < -0.3 is 10.6 Å². The van der Waals surface area contributed by atoms with Crippen LogP contribution in [0.25, 0.3) is 0 Å². The van der Waals surface area contributed by atoms with Gasteiger partial charge in [-0.15, -0.1) is 0 Å². The molecule has 0 saturated carbocycles. The van der Waals surface area contributed by atoms with Crippen LogP contribution in [0.2, 0.25) is 0 Å². The smallest absolute Gasteiger partial charge is 0.268 e. The predicted molar refractivity (Wildman–Crippen MR) is 93.7 cm³/mol. The number of anilines is 1. The van der Waals surface area contributed by atoms with Crippen molar-refractivity contribution in [2.75, 3.05) is 24.5 Å². The quantitative estimate of drug-likeness (QED) is 0.925. The van der Waals surface area contributed by atoms with Crippen molar-refractivity contribution in [3.05, 3.63) is 54.0 Å². The summed E-state index contributed by atoms with van der Waals surface area (Å²) in [6.45, 7) is 6.01. The summed E-state index contributed by atoms with van der Waals surface area (Å²) in [5.74, 6) is 0.179. The summed E-state index contributed by atoms with van der Waals surface area (Å²) in [5.41, 5.74) is 6.86. The molecule has 1 unspecified atom stereocenters. The maximum atomic E-state index is 11.3. The number of hydrogen-bond acceptors (Lipinski definition) is 5. The zero-order valence-electron chi connectivity index (χ0n) is 13.9. The van der Waals surface area contributed by atoms with Crippen LogP contribution in [-0.2, 0) is 6.54 Å². The fourth-order valence-corrected chi connectivity index (χ4v) is 3.19. The van der Waals surface area contributed by atoms with E-state index in [1.54, 1.807) is 6.20 Å². The van der Waals surface area contributed by atoms with Gasteiger partial charge in [0, 0.05) is 32.2 Å². The molecule has 3 rings (SSSR count). The van der Waals surface area contributed by atoms with Crippen molar-refractivity contribution < 1.29 is 4.79 Å². The van der Waals surface area contributed by atoms with Gasteiger partial charge in [-0.1, -0.05) is 30.3 Å². The summed E-state index contributed by atoms with van der Waals surface area (Å²) in [7, 11) is 0. The summed E-state index contributed by atoms with van der Waals surface area (Å²) in [6, 6.07) is 10.8. The molecule has 1 aliphatic rings. The van der Waals surface area contributed by atoms with Crippen LogP contribution in [0.3, 0.4) is 0 Å². The Kier molecular flexibility index (Phi) is 5.05. The third-order valence-corrected chi connectivity index (χ3v) is 4.35. The lowest BCUT2D eigenvalue weighted by Gasteiger charge is -2.29. The molecule has 1 saturated heterocycles. The van der Waals surface area contributed by atoms with E-state index in [0.717, 1.165) is 38.4 Å². The molecule has 1 aromatic heterocycles. The second kappa shape index (κ2) is 7.40. The Balaban J connectivity index is 1.71. The Morgan fingerprint density at radius 2 is 2.04 bits per heavy atom. The van der Waals surface area contributed by atoms with Gasteiger partial charge in [0.2, 0.25) is 0 Å². The molecule has 126 valence electrons. The fourth-order valence-electron chi connectivity index (χ4n) is 3.19. The lowest BCUT2D eigenvalue weighted by atomic mass is 10.2. The molecule has 0 radical (unpaired) electrons. The Labute approximate surface area is 142 Å². The minimum atomic E-state index is -0.544. The van der Waals surface area contributed by atoms with E-state index in [0.29, 0.717) is 0 Å². The van der Waals surface area contributed by atoms with Crippen molar-refractivity contribution >= 4 is 11.7 Å². The highest BCUT2D eigenvalue weighted by Gasteiger charge is 2.23. The van der Waals surface area contributed by atoms with E-state index in [1.165, 1.54) is 11.8 Å². The average Bonchev–Trinajstić information content (AvgIpc) is 2.77. The molecule has 0 bridgehead atoms. The highest BCUT2D eigenvalue weighted by Crippen LogP contribution is 2.19. The number of carbonyl (C=O) groups excluding carboxylic acids is 1. The highest BCUT2D eigenvalue weighted by molar-refractivity contribution is 5.90. The third kappa shape index (κ3) is 3.89. The van der Waals surface area contributed by atoms with E-state index in [9.17, 15) is 4.79 Å². The minimum Gasteiger partial charge on any atom is -0.364 e. The first-order chi connectivity index (χ1) is 11.6. The average molecular weight is 325 g/mol. The number of benzene rings is 1. The van der Waals surface area contributed by atoms with Gasteiger partial charge in [0.05, 0.1) is 12.4 Å². The molecule has 0 aliphatic carbocycles. The van der Waals surface area contributed by atoms with Crippen LogP contribution in [0, 0.1) is 0 Å². The van der Waals surface area contributed by atoms with Crippen molar-refractivity contribution in [3.63, 3.8) is 0 Å². The lowest BCUT2D eigenvalue weighted by molar-refractivity contribution is 0.0995. The number of aromatic nitrogens is 2. The van der Waals surface area contributed by atoms with Gasteiger partial charge in [0.1, 0.15) is 11.5 Å². The van der Waals surface area contributed by atoms with Gasteiger partial charge in [-0.3, -0.25) is 14.7 Å². The molecule has 2 N–H and O–H groups in total. The molecule has 24 heavy (non-hydrogen) atoms. The highest BCUT2D eigenvalue weighted by atomic mass is 16.1. The van der Waals surface area contributed by atoms with Gasteiger partial charge in [-0.2, -0.15) is 0 Å². The van der Waals surface area contributed by atoms with Crippen molar-refractivity contribution in [3.8, 4) is 0 Å². The first-order valence-corrected chi connectivity index (χ1v) is 8.28. The number of carbonyl (C=O) groups is 1. The van der Waals surface area contributed by atoms with Crippen molar-refractivity contribution in [1.29, 1.82) is 0 Å². The lowest BCUT2D eigenvalue weighted by Crippen LogP contribution is -2.39. The third-order valence-electron chi connectivity index (χ3n) is 4.35. The first-order valence-electron chi connectivity index (χ1n) is 8.28. The van der Waals surface area contributed by atoms with E-state index in [4.69, 9.17) is 5.73 Å². The monoisotopic (exact) mass is 325 g/mol. The fraction of sp³-hybridized carbons (Fsp3) is 0.389. The molecule has 1 fully saturated rings. The molecular weight excluding hydrogens is 302 g/mol. The van der Waals surface area contributed by atoms with Crippen molar-refractivity contribution in [2.24, 2.45) is 5.73 Å². The van der Waals surface area contributed by atoms with Crippen LogP contribution in [0.5, 0.6) is 0 Å². The van der Waals surface area contributed by atoms with E-state index in [2.05, 4.69) is 51.0 Å². The number of nitrogens with two attached hydrogens (primary N) is 1. The number of rotatable bonds is 4. The minimum absolute atomic E-state index is 0.213. The molecule has 1 aromatic carbocycles. The zero-order valence-corrected chi connectivity index (χ0v) is 13.9. The second-order valence-corrected chi connectivity index (χ2v) is 6.24. The van der Waals surface area contributed by atoms with E-state index in [-0.39, 0.29) is 11.7 Å². The molecule has 1 amide bonds. The van der Waals surface area contributed by atoms with Crippen LogP contribution in [0.4, 0.5) is 5.82 Å². The van der Waals surface area contributed by atoms with E-state index < -0.39 is 5.91 Å². The van der Waals surface area contributed by atoms with Crippen LogP contribution in [0.15, 0.2) is 42.7 Å². The number of hydrogen-bond donors (Lipinski definition) is 1. The molecule has 6 heteroatoms. The molecule has 2 heterocycles. The zero-order chi connectivity index (χ0) is 16.9. The number of amides is 1. The standard InChI is InChI=1S/C18H23N5O/c1-14-12-22(13-15-6-3-2-4-7-15)8-5-9-23(14)17-11-20-10-16(21-17)18(19)24/h2-4,6-7,10-11,14H,5,8-9,12-13H2,1H3,(H2,19,24). The van der Waals surface area contributed by atoms with Crippen molar-refractivity contribution in [1.82, 2.24) is 14.9 Å². The van der Waals surface area contributed by atoms with Gasteiger partial charge in [0.15, 0.2) is 0 Å². The van der Waals surface area contributed by atoms with Crippen LogP contribution < -0.4 is 10.6 Å². The van der Waals surface area contributed by atoms with Crippen LogP contribution in [-0.4, -0.2) is 46.5 Å². The Morgan fingerprint density at radius 3 is 2.79 bits per heavy atom. The van der Waals surface area contributed by atoms with Gasteiger partial charge >= 0.3 is 0 Å². The molecular formula is C18H23N5O. The summed E-state index contributed by atoms with van der Waals surface area (Å²) in [6.07, 6.45) is 4.16. The van der Waals surface area contributed by atoms with Crippen LogP contribution in [0.1, 0.15) is 29.4 Å². The normalized spacial score (nSPS) is 19.0. The van der Waals surface area contributed by atoms with Gasteiger partial charge in [-0.25, -0.2) is 4.98 Å². The summed E-state index contributed by atoms with van der Waals surface area (Å²) >= 11 is 0. The van der Waals surface area contributed by atoms with Gasteiger partial charge in [-0.05, 0) is 18.9 Å². The summed E-state index contributed by atoms with van der Waals surface area (Å²) in [4.78, 5) is 24.5. The summed E-state index contributed by atoms with van der Waals surface area (Å²) in [5, 5.41) is 0. The van der Waals surface area contributed by atoms with E-state index in [1.807, 2.05) is 6.07 Å². The molecule has 6 nitrogen and oxygen atoms in total.